The van der Waals surface area contributed by atoms with E-state index in [1.54, 1.807) is 0 Å². The van der Waals surface area contributed by atoms with Crippen LogP contribution in [0.1, 0.15) is 52.9 Å². The molecule has 16 heavy (non-hydrogen) atoms. The van der Waals surface area contributed by atoms with Crippen LogP contribution in [0, 0.1) is 0 Å². The van der Waals surface area contributed by atoms with Gasteiger partial charge in [-0.2, -0.15) is 0 Å². The molecule has 0 heterocycles. The summed E-state index contributed by atoms with van der Waals surface area (Å²) in [6.45, 7) is 7.95. The third-order valence-corrected chi connectivity index (χ3v) is 4.16. The van der Waals surface area contributed by atoms with E-state index in [4.69, 9.17) is 5.73 Å². The second kappa shape index (κ2) is 5.99. The van der Waals surface area contributed by atoms with Gasteiger partial charge in [0, 0.05) is 17.6 Å². The smallest absolute Gasteiger partial charge is 0.0611 e. The van der Waals surface area contributed by atoms with Crippen molar-refractivity contribution in [3.63, 3.8) is 0 Å². The van der Waals surface area contributed by atoms with Crippen LogP contribution in [0.25, 0.3) is 0 Å². The van der Waals surface area contributed by atoms with Gasteiger partial charge in [-0.15, -0.1) is 0 Å². The van der Waals surface area contributed by atoms with E-state index in [0.717, 1.165) is 25.8 Å². The van der Waals surface area contributed by atoms with Gasteiger partial charge in [-0.1, -0.05) is 13.8 Å². The number of nitrogens with zero attached hydrogens (tertiary/aromatic N) is 1. The molecule has 3 atom stereocenters. The van der Waals surface area contributed by atoms with Crippen molar-refractivity contribution in [3.8, 4) is 0 Å². The van der Waals surface area contributed by atoms with Crippen molar-refractivity contribution in [3.05, 3.63) is 0 Å². The second-order valence-electron chi connectivity index (χ2n) is 5.36. The van der Waals surface area contributed by atoms with E-state index >= 15 is 0 Å². The fraction of sp³-hybridized carbons (Fsp3) is 1.00. The Morgan fingerprint density at radius 1 is 1.50 bits per heavy atom. The lowest BCUT2D eigenvalue weighted by molar-refractivity contribution is 0.0615. The Labute approximate surface area is 100 Å². The maximum absolute atomic E-state index is 9.37. The van der Waals surface area contributed by atoms with Gasteiger partial charge >= 0.3 is 0 Å². The molecule has 96 valence electrons. The molecule has 0 spiro atoms. The molecular weight excluding hydrogens is 200 g/mol. The van der Waals surface area contributed by atoms with E-state index in [0.29, 0.717) is 12.1 Å². The van der Waals surface area contributed by atoms with Gasteiger partial charge in [-0.3, -0.25) is 4.90 Å². The van der Waals surface area contributed by atoms with Gasteiger partial charge in [-0.25, -0.2) is 0 Å². The van der Waals surface area contributed by atoms with Gasteiger partial charge in [-0.05, 0) is 45.6 Å². The van der Waals surface area contributed by atoms with Gasteiger partial charge in [0.2, 0.25) is 0 Å². The predicted octanol–water partition coefficient (Wildman–Crippen LogP) is 1.74. The van der Waals surface area contributed by atoms with Crippen molar-refractivity contribution in [2.24, 2.45) is 5.73 Å². The quantitative estimate of drug-likeness (QED) is 0.753. The highest BCUT2D eigenvalue weighted by Crippen LogP contribution is 2.30. The van der Waals surface area contributed by atoms with Crippen LogP contribution in [0.2, 0.25) is 0 Å². The monoisotopic (exact) mass is 228 g/mol. The Morgan fingerprint density at radius 3 is 2.69 bits per heavy atom. The fourth-order valence-corrected chi connectivity index (χ4v) is 2.95. The van der Waals surface area contributed by atoms with Crippen LogP contribution in [-0.2, 0) is 0 Å². The zero-order valence-electron chi connectivity index (χ0n) is 11.1. The molecule has 3 unspecified atom stereocenters. The number of hydrogen-bond acceptors (Lipinski definition) is 3. The van der Waals surface area contributed by atoms with Gasteiger partial charge < -0.3 is 10.8 Å². The van der Waals surface area contributed by atoms with Crippen LogP contribution in [-0.4, -0.2) is 40.8 Å². The first-order chi connectivity index (χ1) is 7.56. The number of nitrogens with two attached hydrogens (primary N) is 1. The first-order valence-electron chi connectivity index (χ1n) is 6.71. The Bertz CT molecular complexity index is 210. The van der Waals surface area contributed by atoms with Crippen LogP contribution in [0.5, 0.6) is 0 Å². The van der Waals surface area contributed by atoms with E-state index < -0.39 is 0 Å². The maximum atomic E-state index is 9.37. The summed E-state index contributed by atoms with van der Waals surface area (Å²) in [6.07, 6.45) is 5.48. The van der Waals surface area contributed by atoms with E-state index in [1.165, 1.54) is 12.8 Å². The Hall–Kier alpha value is -0.120. The largest absolute Gasteiger partial charge is 0.394 e. The summed E-state index contributed by atoms with van der Waals surface area (Å²) >= 11 is 0. The van der Waals surface area contributed by atoms with E-state index in [2.05, 4.69) is 25.7 Å². The van der Waals surface area contributed by atoms with Crippen molar-refractivity contribution in [2.75, 3.05) is 13.2 Å². The molecule has 0 aromatic heterocycles. The Balaban J connectivity index is 2.64. The molecule has 3 N–H and O–H groups in total. The third kappa shape index (κ3) is 3.19. The molecule has 1 rings (SSSR count). The van der Waals surface area contributed by atoms with Crippen molar-refractivity contribution in [1.82, 2.24) is 4.90 Å². The van der Waals surface area contributed by atoms with Crippen LogP contribution in [0.4, 0.5) is 0 Å². The normalized spacial score (nSPS) is 33.0. The van der Waals surface area contributed by atoms with Crippen molar-refractivity contribution < 1.29 is 5.11 Å². The molecule has 3 heteroatoms. The summed E-state index contributed by atoms with van der Waals surface area (Å²) in [4.78, 5) is 2.55. The average Bonchev–Trinajstić information content (AvgIpc) is 2.30. The number of hydrogen-bond donors (Lipinski definition) is 2. The molecule has 3 nitrogen and oxygen atoms in total. The highest BCUT2D eigenvalue weighted by molar-refractivity contribution is 4.94. The second-order valence-corrected chi connectivity index (χ2v) is 5.36. The third-order valence-electron chi connectivity index (χ3n) is 4.16. The summed E-state index contributed by atoms with van der Waals surface area (Å²) in [5, 5.41) is 9.37. The minimum absolute atomic E-state index is 0.127. The summed E-state index contributed by atoms with van der Waals surface area (Å²) < 4.78 is 0. The summed E-state index contributed by atoms with van der Waals surface area (Å²) in [5.74, 6) is 0. The SMILES string of the molecule is CCC(C)N(CC)C1CCCC(N)(CO)C1. The first kappa shape index (κ1) is 13.9. The lowest BCUT2D eigenvalue weighted by Gasteiger charge is -2.43. The zero-order valence-corrected chi connectivity index (χ0v) is 11.1. The van der Waals surface area contributed by atoms with E-state index in [-0.39, 0.29) is 12.1 Å². The highest BCUT2D eigenvalue weighted by atomic mass is 16.3. The number of rotatable bonds is 5. The molecule has 1 saturated carbocycles. The Morgan fingerprint density at radius 2 is 2.19 bits per heavy atom. The van der Waals surface area contributed by atoms with E-state index in [1.807, 2.05) is 0 Å². The maximum Gasteiger partial charge on any atom is 0.0611 e. The molecule has 0 amide bonds. The number of aliphatic hydroxyl groups excluding tert-OH is 1. The summed E-state index contributed by atoms with van der Waals surface area (Å²) in [6, 6.07) is 1.18. The van der Waals surface area contributed by atoms with Crippen LogP contribution in [0.3, 0.4) is 0 Å². The van der Waals surface area contributed by atoms with Crippen molar-refractivity contribution in [2.45, 2.75) is 70.5 Å². The van der Waals surface area contributed by atoms with Gasteiger partial charge in [0.25, 0.3) is 0 Å². The zero-order chi connectivity index (χ0) is 12.2. The molecule has 0 radical (unpaired) electrons. The molecule has 0 saturated heterocycles. The van der Waals surface area contributed by atoms with Gasteiger partial charge in [0.05, 0.1) is 6.61 Å². The highest BCUT2D eigenvalue weighted by Gasteiger charge is 2.35. The van der Waals surface area contributed by atoms with E-state index in [9.17, 15) is 5.11 Å². The van der Waals surface area contributed by atoms with Gasteiger partial charge in [0.1, 0.15) is 0 Å². The summed E-state index contributed by atoms with van der Waals surface area (Å²) in [5.41, 5.74) is 5.88. The lowest BCUT2D eigenvalue weighted by atomic mass is 9.79. The molecule has 1 fully saturated rings. The summed E-state index contributed by atoms with van der Waals surface area (Å²) in [7, 11) is 0. The first-order valence-corrected chi connectivity index (χ1v) is 6.71. The molecule has 0 bridgehead atoms. The molecule has 1 aliphatic carbocycles. The minimum Gasteiger partial charge on any atom is -0.394 e. The molecule has 1 aliphatic rings. The van der Waals surface area contributed by atoms with Crippen LogP contribution >= 0.6 is 0 Å². The minimum atomic E-state index is -0.330. The van der Waals surface area contributed by atoms with Crippen molar-refractivity contribution in [1.29, 1.82) is 0 Å². The number of aliphatic hydroxyl groups is 1. The van der Waals surface area contributed by atoms with Crippen LogP contribution in [0.15, 0.2) is 0 Å². The topological polar surface area (TPSA) is 49.5 Å². The van der Waals surface area contributed by atoms with Gasteiger partial charge in [0.15, 0.2) is 0 Å². The molecule has 0 aromatic carbocycles. The lowest BCUT2D eigenvalue weighted by Crippen LogP contribution is -2.54. The Kier molecular flexibility index (Phi) is 5.22. The van der Waals surface area contributed by atoms with Crippen molar-refractivity contribution >= 4 is 0 Å². The average molecular weight is 228 g/mol. The van der Waals surface area contributed by atoms with Crippen LogP contribution < -0.4 is 5.73 Å². The standard InChI is InChI=1S/C13H28N2O/c1-4-11(3)15(5-2)12-7-6-8-13(14,9-12)10-16/h11-12,16H,4-10,14H2,1-3H3. The fourth-order valence-electron chi connectivity index (χ4n) is 2.95. The molecule has 0 aromatic rings. The predicted molar refractivity (Wildman–Crippen MR) is 68.4 cm³/mol. The molecular formula is C13H28N2O. The molecule has 0 aliphatic heterocycles.